The molecule has 0 aliphatic carbocycles. The summed E-state index contributed by atoms with van der Waals surface area (Å²) in [4.78, 5) is 14.7. The van der Waals surface area contributed by atoms with E-state index >= 15 is 0 Å². The zero-order valence-corrected chi connectivity index (χ0v) is 12.8. The molecule has 0 radical (unpaired) electrons. The number of nitrogens with zero attached hydrogens (tertiary/aromatic N) is 1. The molecular weight excluding hydrogens is 280 g/mol. The number of hydrogen-bond donors (Lipinski definition) is 1. The molecule has 2 N–H and O–H groups in total. The molecule has 2 aromatic rings. The van der Waals surface area contributed by atoms with Crippen LogP contribution in [0.15, 0.2) is 41.1 Å². The van der Waals surface area contributed by atoms with E-state index in [1.807, 2.05) is 29.2 Å². The number of likely N-dealkylation sites (tertiary alicyclic amines) is 1. The maximum absolute atomic E-state index is 12.7. The van der Waals surface area contributed by atoms with Gasteiger partial charge in [0.05, 0.1) is 6.04 Å². The van der Waals surface area contributed by atoms with Crippen LogP contribution in [0.5, 0.6) is 0 Å². The molecule has 0 saturated carbocycles. The van der Waals surface area contributed by atoms with Crippen LogP contribution in [0.2, 0.25) is 0 Å². The van der Waals surface area contributed by atoms with E-state index < -0.39 is 0 Å². The van der Waals surface area contributed by atoms with Gasteiger partial charge in [-0.05, 0) is 65.9 Å². The van der Waals surface area contributed by atoms with Gasteiger partial charge in [-0.15, -0.1) is 0 Å². The lowest BCUT2D eigenvalue weighted by atomic mass is 10.1. The van der Waals surface area contributed by atoms with E-state index in [4.69, 9.17) is 5.73 Å². The summed E-state index contributed by atoms with van der Waals surface area (Å²) in [6.07, 6.45) is 3.00. The van der Waals surface area contributed by atoms with E-state index in [0.717, 1.165) is 31.4 Å². The van der Waals surface area contributed by atoms with Crippen molar-refractivity contribution in [3.8, 4) is 0 Å². The highest BCUT2D eigenvalue weighted by Gasteiger charge is 2.30. The lowest BCUT2D eigenvalue weighted by Crippen LogP contribution is -2.30. The van der Waals surface area contributed by atoms with E-state index in [-0.39, 0.29) is 11.9 Å². The third kappa shape index (κ3) is 3.01. The normalized spacial score (nSPS) is 18.1. The minimum atomic E-state index is 0.142. The second-order valence-corrected chi connectivity index (χ2v) is 6.23. The lowest BCUT2D eigenvalue weighted by molar-refractivity contribution is 0.0736. The quantitative estimate of drug-likeness (QED) is 0.942. The fourth-order valence-electron chi connectivity index (χ4n) is 2.97. The first-order chi connectivity index (χ1) is 10.3. The number of nitrogens with two attached hydrogens (primary N) is 1. The predicted octanol–water partition coefficient (Wildman–Crippen LogP) is 3.23. The Morgan fingerprint density at radius 1 is 1.29 bits per heavy atom. The molecule has 2 heterocycles. The molecule has 3 rings (SSSR count). The molecule has 1 aromatic carbocycles. The summed E-state index contributed by atoms with van der Waals surface area (Å²) in [5, 5.41) is 4.23. The molecule has 1 aromatic heterocycles. The molecule has 110 valence electrons. The lowest BCUT2D eigenvalue weighted by Gasteiger charge is -2.24. The molecule has 0 bridgehead atoms. The molecule has 4 heteroatoms. The van der Waals surface area contributed by atoms with E-state index in [9.17, 15) is 4.79 Å². The van der Waals surface area contributed by atoms with Gasteiger partial charge in [0, 0.05) is 12.1 Å². The van der Waals surface area contributed by atoms with Crippen molar-refractivity contribution < 1.29 is 4.79 Å². The van der Waals surface area contributed by atoms with Gasteiger partial charge in [-0.25, -0.2) is 0 Å². The first-order valence-electron chi connectivity index (χ1n) is 7.41. The number of hydrogen-bond acceptors (Lipinski definition) is 3. The molecule has 1 amide bonds. The third-order valence-corrected chi connectivity index (χ3v) is 4.78. The van der Waals surface area contributed by atoms with Crippen molar-refractivity contribution in [3.05, 3.63) is 57.8 Å². The molecule has 1 aliphatic rings. The highest BCUT2D eigenvalue weighted by molar-refractivity contribution is 7.07. The van der Waals surface area contributed by atoms with Crippen LogP contribution in [0.1, 0.15) is 40.4 Å². The van der Waals surface area contributed by atoms with E-state index in [2.05, 4.69) is 16.8 Å². The average molecular weight is 300 g/mol. The standard InChI is InChI=1S/C17H20N2OS/c18-9-7-13-3-5-14(6-4-13)17(20)19-10-1-2-16(19)15-8-11-21-12-15/h3-6,8,11-12,16H,1-2,7,9-10,18H2. The predicted molar refractivity (Wildman–Crippen MR) is 86.5 cm³/mol. The van der Waals surface area contributed by atoms with Crippen LogP contribution in [0.25, 0.3) is 0 Å². The highest BCUT2D eigenvalue weighted by atomic mass is 32.1. The fourth-order valence-corrected chi connectivity index (χ4v) is 3.67. The van der Waals surface area contributed by atoms with Crippen LogP contribution in [-0.4, -0.2) is 23.9 Å². The zero-order chi connectivity index (χ0) is 14.7. The molecule has 1 unspecified atom stereocenters. The molecule has 3 nitrogen and oxygen atoms in total. The Kier molecular flexibility index (Phi) is 4.36. The first-order valence-corrected chi connectivity index (χ1v) is 8.36. The molecule has 1 saturated heterocycles. The SMILES string of the molecule is NCCc1ccc(C(=O)N2CCCC2c2ccsc2)cc1. The topological polar surface area (TPSA) is 46.3 Å². The Bertz CT molecular complexity index is 592. The number of rotatable bonds is 4. The second kappa shape index (κ2) is 6.41. The molecule has 21 heavy (non-hydrogen) atoms. The maximum Gasteiger partial charge on any atom is 0.254 e. The van der Waals surface area contributed by atoms with Crippen molar-refractivity contribution in [1.82, 2.24) is 4.90 Å². The second-order valence-electron chi connectivity index (χ2n) is 5.45. The largest absolute Gasteiger partial charge is 0.332 e. The minimum Gasteiger partial charge on any atom is -0.332 e. The van der Waals surface area contributed by atoms with Gasteiger partial charge >= 0.3 is 0 Å². The molecule has 1 atom stereocenters. The Balaban J connectivity index is 1.77. The summed E-state index contributed by atoms with van der Waals surface area (Å²) in [5.74, 6) is 0.142. The molecule has 1 aliphatic heterocycles. The first kappa shape index (κ1) is 14.3. The van der Waals surface area contributed by atoms with Gasteiger partial charge in [0.15, 0.2) is 0 Å². The van der Waals surface area contributed by atoms with Gasteiger partial charge in [0.2, 0.25) is 0 Å². The van der Waals surface area contributed by atoms with E-state index in [1.165, 1.54) is 11.1 Å². The summed E-state index contributed by atoms with van der Waals surface area (Å²) < 4.78 is 0. The van der Waals surface area contributed by atoms with Crippen LogP contribution in [0.3, 0.4) is 0 Å². The monoisotopic (exact) mass is 300 g/mol. The summed E-state index contributed by atoms with van der Waals surface area (Å²) in [7, 11) is 0. The van der Waals surface area contributed by atoms with Crippen molar-refractivity contribution in [2.75, 3.05) is 13.1 Å². The van der Waals surface area contributed by atoms with Crippen molar-refractivity contribution >= 4 is 17.2 Å². The Morgan fingerprint density at radius 3 is 2.76 bits per heavy atom. The Morgan fingerprint density at radius 2 is 2.10 bits per heavy atom. The van der Waals surface area contributed by atoms with Gasteiger partial charge in [-0.1, -0.05) is 12.1 Å². The van der Waals surface area contributed by atoms with Gasteiger partial charge in [-0.3, -0.25) is 4.79 Å². The summed E-state index contributed by atoms with van der Waals surface area (Å²) in [6.45, 7) is 1.49. The Hall–Kier alpha value is -1.65. The van der Waals surface area contributed by atoms with Gasteiger partial charge in [0.1, 0.15) is 0 Å². The van der Waals surface area contributed by atoms with Crippen molar-refractivity contribution in [2.24, 2.45) is 5.73 Å². The fraction of sp³-hybridized carbons (Fsp3) is 0.353. The van der Waals surface area contributed by atoms with Gasteiger partial charge in [0.25, 0.3) is 5.91 Å². The van der Waals surface area contributed by atoms with Crippen LogP contribution >= 0.6 is 11.3 Å². The number of thiophene rings is 1. The minimum absolute atomic E-state index is 0.142. The van der Waals surface area contributed by atoms with Crippen molar-refractivity contribution in [1.29, 1.82) is 0 Å². The van der Waals surface area contributed by atoms with Gasteiger partial charge < -0.3 is 10.6 Å². The van der Waals surface area contributed by atoms with Crippen LogP contribution in [0, 0.1) is 0 Å². The Labute approximate surface area is 129 Å². The molecular formula is C17H20N2OS. The summed E-state index contributed by atoms with van der Waals surface area (Å²) >= 11 is 1.69. The smallest absolute Gasteiger partial charge is 0.254 e. The average Bonchev–Trinajstić information content (AvgIpc) is 3.18. The van der Waals surface area contributed by atoms with Crippen molar-refractivity contribution in [2.45, 2.75) is 25.3 Å². The van der Waals surface area contributed by atoms with E-state index in [1.54, 1.807) is 11.3 Å². The zero-order valence-electron chi connectivity index (χ0n) is 12.0. The summed E-state index contributed by atoms with van der Waals surface area (Å²) in [5.41, 5.74) is 8.79. The summed E-state index contributed by atoms with van der Waals surface area (Å²) in [6, 6.07) is 10.2. The number of carbonyl (C=O) groups is 1. The molecule has 1 fully saturated rings. The highest BCUT2D eigenvalue weighted by Crippen LogP contribution is 2.34. The van der Waals surface area contributed by atoms with Crippen LogP contribution in [-0.2, 0) is 6.42 Å². The number of amides is 1. The molecule has 0 spiro atoms. The third-order valence-electron chi connectivity index (χ3n) is 4.08. The maximum atomic E-state index is 12.7. The number of benzene rings is 1. The van der Waals surface area contributed by atoms with E-state index in [0.29, 0.717) is 6.54 Å². The van der Waals surface area contributed by atoms with Crippen molar-refractivity contribution in [3.63, 3.8) is 0 Å². The number of carbonyl (C=O) groups excluding carboxylic acids is 1. The van der Waals surface area contributed by atoms with Gasteiger partial charge in [-0.2, -0.15) is 11.3 Å². The van der Waals surface area contributed by atoms with Crippen LogP contribution in [0.4, 0.5) is 0 Å². The van der Waals surface area contributed by atoms with Crippen LogP contribution < -0.4 is 5.73 Å².